The van der Waals surface area contributed by atoms with E-state index in [4.69, 9.17) is 9.47 Å². The van der Waals surface area contributed by atoms with Crippen LogP contribution in [0.25, 0.3) is 21.3 Å². The van der Waals surface area contributed by atoms with Crippen LogP contribution in [0.2, 0.25) is 0 Å². The molecule has 0 aromatic heterocycles. The SMILES string of the molecule is CC(C)[N-]C([N-]C(C)C)OC(C)(C)C.CC(C)[N-]C([N-]C(C)C)OC(C)(C)C.[Cu+2].[Cu+2]. The summed E-state index contributed by atoms with van der Waals surface area (Å²) in [4.78, 5) is 0. The summed E-state index contributed by atoms with van der Waals surface area (Å²) in [6.07, 6.45) is -0.648. The summed E-state index contributed by atoms with van der Waals surface area (Å²) in [5.41, 5.74) is -0.386. The normalized spacial score (nSPS) is 12.4. The standard InChI is InChI=1S/2C11H24N2O.2Cu/c2*1-8(2)12-10(13-9(3)4)14-11(5,6)7;;/h2*8-10H,1-7H3;;/q2*-2;2*+2. The minimum atomic E-state index is -0.324. The molecular formula is C22H48Cu2N4O2. The van der Waals surface area contributed by atoms with Gasteiger partial charge in [-0.25, -0.2) is 0 Å². The summed E-state index contributed by atoms with van der Waals surface area (Å²) >= 11 is 0. The third-order valence-electron chi connectivity index (χ3n) is 2.62. The number of hydrogen-bond donors (Lipinski definition) is 0. The summed E-state index contributed by atoms with van der Waals surface area (Å²) in [5.74, 6) is 0. The molecule has 0 amide bonds. The van der Waals surface area contributed by atoms with E-state index in [2.05, 4.69) is 21.3 Å². The smallest absolute Gasteiger partial charge is 0.653 e. The molecule has 0 saturated heterocycles. The van der Waals surface area contributed by atoms with E-state index in [1.807, 2.05) is 96.9 Å². The van der Waals surface area contributed by atoms with Crippen LogP contribution in [-0.4, -0.2) is 48.1 Å². The van der Waals surface area contributed by atoms with E-state index < -0.39 is 0 Å². The minimum absolute atomic E-state index is 0. The second kappa shape index (κ2) is 18.3. The zero-order valence-corrected chi connectivity index (χ0v) is 23.6. The topological polar surface area (TPSA) is 74.9 Å². The largest absolute Gasteiger partial charge is 2.00 e. The van der Waals surface area contributed by atoms with Crippen LogP contribution in [0.3, 0.4) is 0 Å². The molecule has 0 bridgehead atoms. The van der Waals surface area contributed by atoms with Crippen molar-refractivity contribution in [2.75, 3.05) is 0 Å². The molecule has 0 aliphatic carbocycles. The van der Waals surface area contributed by atoms with E-state index >= 15 is 0 Å². The molecule has 8 heteroatoms. The van der Waals surface area contributed by atoms with Crippen LogP contribution < -0.4 is 0 Å². The van der Waals surface area contributed by atoms with E-state index in [1.165, 1.54) is 0 Å². The Balaban J connectivity index is -0.000000211. The molecular weight excluding hydrogens is 479 g/mol. The van der Waals surface area contributed by atoms with Crippen molar-refractivity contribution in [1.29, 1.82) is 0 Å². The van der Waals surface area contributed by atoms with E-state index in [0.717, 1.165) is 0 Å². The molecule has 0 aromatic carbocycles. The Bertz CT molecular complexity index is 326. The molecule has 2 radical (unpaired) electrons. The summed E-state index contributed by atoms with van der Waals surface area (Å²) in [6, 6.07) is 1.02. The van der Waals surface area contributed by atoms with Crippen molar-refractivity contribution in [3.63, 3.8) is 0 Å². The Labute approximate surface area is 209 Å². The molecule has 0 spiro atoms. The van der Waals surface area contributed by atoms with Crippen LogP contribution in [-0.2, 0) is 43.6 Å². The van der Waals surface area contributed by atoms with E-state index in [1.54, 1.807) is 0 Å². The minimum Gasteiger partial charge on any atom is -0.653 e. The molecule has 0 atom stereocenters. The fourth-order valence-electron chi connectivity index (χ4n) is 1.85. The second-order valence-electron chi connectivity index (χ2n) is 10.1. The van der Waals surface area contributed by atoms with Crippen LogP contribution in [0, 0.1) is 0 Å². The van der Waals surface area contributed by atoms with Gasteiger partial charge in [-0.1, -0.05) is 55.4 Å². The van der Waals surface area contributed by atoms with E-state index in [9.17, 15) is 0 Å². The maximum absolute atomic E-state index is 5.73. The monoisotopic (exact) mass is 526 g/mol. The summed E-state index contributed by atoms with van der Waals surface area (Å²) in [6.45, 7) is 28.4. The van der Waals surface area contributed by atoms with Gasteiger partial charge in [0.2, 0.25) is 0 Å². The van der Waals surface area contributed by atoms with Crippen molar-refractivity contribution in [3.8, 4) is 0 Å². The van der Waals surface area contributed by atoms with Crippen molar-refractivity contribution in [2.45, 2.75) is 145 Å². The number of ether oxygens (including phenoxy) is 2. The molecule has 0 fully saturated rings. The quantitative estimate of drug-likeness (QED) is 0.280. The predicted molar refractivity (Wildman–Crippen MR) is 123 cm³/mol. The van der Waals surface area contributed by atoms with E-state index in [0.29, 0.717) is 0 Å². The van der Waals surface area contributed by atoms with E-state index in [-0.39, 0.29) is 82.2 Å². The Morgan fingerprint density at radius 2 is 0.600 bits per heavy atom. The van der Waals surface area contributed by atoms with Gasteiger partial charge in [0, 0.05) is 0 Å². The first-order valence-electron chi connectivity index (χ1n) is 10.6. The average Bonchev–Trinajstić information content (AvgIpc) is 2.30. The van der Waals surface area contributed by atoms with Crippen LogP contribution in [0.4, 0.5) is 0 Å². The van der Waals surface area contributed by atoms with Gasteiger partial charge in [0.25, 0.3) is 0 Å². The maximum Gasteiger partial charge on any atom is 2.00 e. The van der Waals surface area contributed by atoms with Crippen LogP contribution in [0.1, 0.15) is 96.9 Å². The third kappa shape index (κ3) is 31.0. The number of hydrogen-bond acceptors (Lipinski definition) is 2. The molecule has 0 saturated carbocycles. The van der Waals surface area contributed by atoms with Gasteiger partial charge in [0.15, 0.2) is 0 Å². The van der Waals surface area contributed by atoms with Gasteiger partial charge < -0.3 is 30.7 Å². The Hall–Kier alpha value is 0.799. The average molecular weight is 528 g/mol. The Morgan fingerprint density at radius 3 is 0.700 bits per heavy atom. The fourth-order valence-corrected chi connectivity index (χ4v) is 1.85. The van der Waals surface area contributed by atoms with Gasteiger partial charge in [-0.3, -0.25) is 0 Å². The number of nitrogens with zero attached hydrogens (tertiary/aromatic N) is 4. The molecule has 30 heavy (non-hydrogen) atoms. The molecule has 0 rings (SSSR count). The van der Waals surface area contributed by atoms with Crippen molar-refractivity contribution < 1.29 is 43.6 Å². The zero-order valence-electron chi connectivity index (χ0n) is 21.7. The second-order valence-corrected chi connectivity index (χ2v) is 10.1. The van der Waals surface area contributed by atoms with Gasteiger partial charge in [-0.05, 0) is 41.5 Å². The van der Waals surface area contributed by atoms with Gasteiger partial charge >= 0.3 is 34.1 Å². The first-order chi connectivity index (χ1) is 12.4. The first kappa shape index (κ1) is 38.1. The molecule has 0 unspecified atom stereocenters. The summed E-state index contributed by atoms with van der Waals surface area (Å²) < 4.78 is 11.5. The molecule has 0 heterocycles. The summed E-state index contributed by atoms with van der Waals surface area (Å²) in [5, 5.41) is 17.7. The predicted octanol–water partition coefficient (Wildman–Crippen LogP) is 7.29. The summed E-state index contributed by atoms with van der Waals surface area (Å²) in [7, 11) is 0. The fraction of sp³-hybridized carbons (Fsp3) is 1.00. The first-order valence-corrected chi connectivity index (χ1v) is 10.6. The van der Waals surface area contributed by atoms with Gasteiger partial charge in [0.05, 0.1) is 11.2 Å². The van der Waals surface area contributed by atoms with Crippen LogP contribution >= 0.6 is 0 Å². The van der Waals surface area contributed by atoms with Gasteiger partial charge in [-0.15, -0.1) is 36.9 Å². The van der Waals surface area contributed by atoms with Crippen molar-refractivity contribution in [2.24, 2.45) is 0 Å². The molecule has 0 aromatic rings. The Morgan fingerprint density at radius 1 is 0.433 bits per heavy atom. The molecule has 190 valence electrons. The van der Waals surface area contributed by atoms with Crippen LogP contribution in [0.5, 0.6) is 0 Å². The zero-order chi connectivity index (χ0) is 22.7. The Kier molecular flexibility index (Phi) is 23.2. The van der Waals surface area contributed by atoms with Gasteiger partial charge in [0.1, 0.15) is 0 Å². The van der Waals surface area contributed by atoms with Crippen molar-refractivity contribution in [3.05, 3.63) is 21.3 Å². The van der Waals surface area contributed by atoms with Gasteiger partial charge in [-0.2, -0.15) is 0 Å². The third-order valence-corrected chi connectivity index (χ3v) is 2.62. The van der Waals surface area contributed by atoms with Crippen molar-refractivity contribution in [1.82, 2.24) is 0 Å². The van der Waals surface area contributed by atoms with Crippen molar-refractivity contribution >= 4 is 0 Å². The molecule has 6 nitrogen and oxygen atoms in total. The molecule has 0 aliphatic rings. The molecule has 0 aliphatic heterocycles. The number of rotatable bonds is 10. The molecule has 0 N–H and O–H groups in total. The maximum atomic E-state index is 5.73. The van der Waals surface area contributed by atoms with Crippen LogP contribution in [0.15, 0.2) is 0 Å².